The predicted molar refractivity (Wildman–Crippen MR) is 78.9 cm³/mol. The first-order chi connectivity index (χ1) is 9.24. The van der Waals surface area contributed by atoms with E-state index in [2.05, 4.69) is 0 Å². The average Bonchev–Trinajstić information content (AvgIpc) is 3.11. The second kappa shape index (κ2) is 6.63. The van der Waals surface area contributed by atoms with Crippen molar-refractivity contribution in [1.29, 1.82) is 0 Å². The molecule has 0 N–H and O–H groups in total. The first-order valence-corrected chi connectivity index (χ1v) is 7.93. The molecule has 0 radical (unpaired) electrons. The molecular weight excluding hydrogens is 278 g/mol. The van der Waals surface area contributed by atoms with Gasteiger partial charge in [0.2, 0.25) is 0 Å². The molecule has 0 atom stereocenters. The van der Waals surface area contributed by atoms with Gasteiger partial charge >= 0.3 is 0 Å². The highest BCUT2D eigenvalue weighted by Crippen LogP contribution is 2.17. The molecule has 19 heavy (non-hydrogen) atoms. The Morgan fingerprint density at radius 1 is 1.05 bits per heavy atom. The molecule has 0 aromatic carbocycles. The van der Waals surface area contributed by atoms with Crippen LogP contribution >= 0.6 is 22.7 Å². The Labute approximate surface area is 120 Å². The third-order valence-electron chi connectivity index (χ3n) is 2.69. The summed E-state index contributed by atoms with van der Waals surface area (Å²) in [4.78, 5) is 27.3. The summed E-state index contributed by atoms with van der Waals surface area (Å²) in [6.45, 7) is 2.52. The van der Waals surface area contributed by atoms with E-state index in [1.54, 1.807) is 12.1 Å². The molecule has 0 saturated carbocycles. The summed E-state index contributed by atoms with van der Waals surface area (Å²) in [5.74, 6) is -0.385. The fraction of sp³-hybridized carbons (Fsp3) is 0.286. The fourth-order valence-corrected chi connectivity index (χ4v) is 3.02. The van der Waals surface area contributed by atoms with Crippen LogP contribution in [0.25, 0.3) is 0 Å². The minimum Gasteiger partial charge on any atom is -0.273 e. The van der Waals surface area contributed by atoms with Gasteiger partial charge in [-0.05, 0) is 29.3 Å². The van der Waals surface area contributed by atoms with Crippen LogP contribution < -0.4 is 0 Å². The van der Waals surface area contributed by atoms with Crippen LogP contribution in [0.5, 0.6) is 0 Å². The van der Waals surface area contributed by atoms with Gasteiger partial charge in [0.25, 0.3) is 11.8 Å². The van der Waals surface area contributed by atoms with Gasteiger partial charge in [0, 0.05) is 6.54 Å². The SMILES string of the molecule is CCCCN(C(=O)c1cccs1)C(=O)c1cccs1. The fourth-order valence-electron chi connectivity index (χ4n) is 1.68. The summed E-state index contributed by atoms with van der Waals surface area (Å²) in [6, 6.07) is 7.17. The van der Waals surface area contributed by atoms with Gasteiger partial charge < -0.3 is 0 Å². The molecule has 5 heteroatoms. The Kier molecular flexibility index (Phi) is 4.87. The van der Waals surface area contributed by atoms with Crippen LogP contribution in [0, 0.1) is 0 Å². The molecule has 2 amide bonds. The Balaban J connectivity index is 2.20. The highest BCUT2D eigenvalue weighted by molar-refractivity contribution is 7.12. The van der Waals surface area contributed by atoms with Gasteiger partial charge in [-0.1, -0.05) is 25.5 Å². The smallest absolute Gasteiger partial charge is 0.270 e. The maximum Gasteiger partial charge on any atom is 0.270 e. The van der Waals surface area contributed by atoms with Crippen LogP contribution in [0.3, 0.4) is 0 Å². The van der Waals surface area contributed by atoms with E-state index < -0.39 is 0 Å². The highest BCUT2D eigenvalue weighted by atomic mass is 32.1. The Hall–Kier alpha value is -1.46. The van der Waals surface area contributed by atoms with Crippen LogP contribution in [0.4, 0.5) is 0 Å². The number of carbonyl (C=O) groups is 2. The lowest BCUT2D eigenvalue weighted by Crippen LogP contribution is -2.36. The molecule has 0 spiro atoms. The molecule has 100 valence electrons. The minimum absolute atomic E-state index is 0.193. The van der Waals surface area contributed by atoms with Gasteiger partial charge in [-0.25, -0.2) is 0 Å². The lowest BCUT2D eigenvalue weighted by Gasteiger charge is -2.19. The van der Waals surface area contributed by atoms with Crippen LogP contribution in [-0.2, 0) is 0 Å². The lowest BCUT2D eigenvalue weighted by molar-refractivity contribution is 0.0620. The van der Waals surface area contributed by atoms with Crippen LogP contribution in [0.2, 0.25) is 0 Å². The highest BCUT2D eigenvalue weighted by Gasteiger charge is 2.24. The van der Waals surface area contributed by atoms with Crippen molar-refractivity contribution in [3.05, 3.63) is 44.8 Å². The van der Waals surface area contributed by atoms with Gasteiger partial charge in [0.15, 0.2) is 0 Å². The van der Waals surface area contributed by atoms with Crippen molar-refractivity contribution in [2.75, 3.05) is 6.54 Å². The molecule has 0 aliphatic heterocycles. The number of hydrogen-bond acceptors (Lipinski definition) is 4. The lowest BCUT2D eigenvalue weighted by atomic mass is 10.2. The van der Waals surface area contributed by atoms with E-state index in [1.165, 1.54) is 27.6 Å². The summed E-state index contributed by atoms with van der Waals surface area (Å²) in [5.41, 5.74) is 0. The summed E-state index contributed by atoms with van der Waals surface area (Å²) < 4.78 is 0. The van der Waals surface area contributed by atoms with E-state index >= 15 is 0 Å². The van der Waals surface area contributed by atoms with Gasteiger partial charge in [-0.15, -0.1) is 22.7 Å². The van der Waals surface area contributed by atoms with E-state index in [-0.39, 0.29) is 11.8 Å². The quantitative estimate of drug-likeness (QED) is 0.784. The minimum atomic E-state index is -0.193. The van der Waals surface area contributed by atoms with Gasteiger partial charge in [0.1, 0.15) is 0 Å². The van der Waals surface area contributed by atoms with Crippen molar-refractivity contribution in [1.82, 2.24) is 4.90 Å². The molecule has 0 aliphatic carbocycles. The Morgan fingerprint density at radius 2 is 1.58 bits per heavy atom. The number of amides is 2. The predicted octanol–water partition coefficient (Wildman–Crippen LogP) is 3.89. The number of hydrogen-bond donors (Lipinski definition) is 0. The molecule has 0 aliphatic rings. The van der Waals surface area contributed by atoms with E-state index in [0.717, 1.165) is 12.8 Å². The molecule has 0 fully saturated rings. The molecule has 2 aromatic heterocycles. The first kappa shape index (κ1) is 14.0. The zero-order valence-electron chi connectivity index (χ0n) is 10.7. The van der Waals surface area contributed by atoms with Gasteiger partial charge in [0.05, 0.1) is 9.75 Å². The van der Waals surface area contributed by atoms with Crippen molar-refractivity contribution < 1.29 is 9.59 Å². The molecule has 3 nitrogen and oxygen atoms in total. The second-order valence-corrected chi connectivity index (χ2v) is 5.97. The third-order valence-corrected chi connectivity index (χ3v) is 4.41. The molecule has 2 rings (SSSR count). The first-order valence-electron chi connectivity index (χ1n) is 6.17. The molecule has 0 saturated heterocycles. The van der Waals surface area contributed by atoms with E-state index in [1.807, 2.05) is 29.8 Å². The van der Waals surface area contributed by atoms with Gasteiger partial charge in [-0.2, -0.15) is 0 Å². The van der Waals surface area contributed by atoms with Crippen LogP contribution in [0.15, 0.2) is 35.0 Å². The zero-order chi connectivity index (χ0) is 13.7. The molecular formula is C14H15NO2S2. The number of unbranched alkanes of at least 4 members (excludes halogenated alkanes) is 1. The van der Waals surface area contributed by atoms with E-state index in [9.17, 15) is 9.59 Å². The third kappa shape index (κ3) is 3.30. The molecule has 0 bridgehead atoms. The number of nitrogens with zero attached hydrogens (tertiary/aromatic N) is 1. The second-order valence-electron chi connectivity index (χ2n) is 4.07. The number of thiophene rings is 2. The largest absolute Gasteiger partial charge is 0.273 e. The standard InChI is InChI=1S/C14H15NO2S2/c1-2-3-8-15(13(16)11-6-4-9-18-11)14(17)12-7-5-10-19-12/h4-7,9-10H,2-3,8H2,1H3. The number of imide groups is 1. The average molecular weight is 293 g/mol. The zero-order valence-corrected chi connectivity index (χ0v) is 12.3. The van der Waals surface area contributed by atoms with E-state index in [4.69, 9.17) is 0 Å². The topological polar surface area (TPSA) is 37.4 Å². The summed E-state index contributed by atoms with van der Waals surface area (Å²) in [6.07, 6.45) is 1.78. The summed E-state index contributed by atoms with van der Waals surface area (Å²) >= 11 is 2.73. The molecule has 2 heterocycles. The van der Waals surface area contributed by atoms with Crippen molar-refractivity contribution in [2.24, 2.45) is 0 Å². The van der Waals surface area contributed by atoms with Crippen molar-refractivity contribution >= 4 is 34.5 Å². The van der Waals surface area contributed by atoms with Crippen LogP contribution in [0.1, 0.15) is 39.1 Å². The molecule has 2 aromatic rings. The molecule has 0 unspecified atom stereocenters. The Morgan fingerprint density at radius 3 is 1.95 bits per heavy atom. The summed E-state index contributed by atoms with van der Waals surface area (Å²) in [5, 5.41) is 3.70. The maximum atomic E-state index is 12.4. The normalized spacial score (nSPS) is 10.4. The van der Waals surface area contributed by atoms with Gasteiger partial charge in [-0.3, -0.25) is 14.5 Å². The number of rotatable bonds is 5. The summed E-state index contributed by atoms with van der Waals surface area (Å²) in [7, 11) is 0. The van der Waals surface area contributed by atoms with Crippen molar-refractivity contribution in [3.8, 4) is 0 Å². The monoisotopic (exact) mass is 293 g/mol. The van der Waals surface area contributed by atoms with Crippen LogP contribution in [-0.4, -0.2) is 23.3 Å². The van der Waals surface area contributed by atoms with Crippen molar-refractivity contribution in [2.45, 2.75) is 19.8 Å². The maximum absolute atomic E-state index is 12.4. The van der Waals surface area contributed by atoms with E-state index in [0.29, 0.717) is 16.3 Å². The number of carbonyl (C=O) groups excluding carboxylic acids is 2. The Bertz CT molecular complexity index is 486. The van der Waals surface area contributed by atoms with Crippen molar-refractivity contribution in [3.63, 3.8) is 0 Å².